The van der Waals surface area contributed by atoms with Crippen LogP contribution < -0.4 is 20.7 Å². The molecule has 0 saturated heterocycles. The standard InChI is InChI=1S/C44H29N3Si/c45-30-32-28-33(31-46)44(39-24-12-15-27-42(39)47-40-25-13-10-22-37(40)38-23-11-14-26-41(38)47)43(29-32)48(34-16-4-1-5-17-34,35-18-6-2-7-19-35)36-20-8-3-9-21-36/h1-29H. The van der Waals surface area contributed by atoms with E-state index in [4.69, 9.17) is 0 Å². The molecule has 0 amide bonds. The number of hydrogen-bond donors (Lipinski definition) is 0. The first-order valence-electron chi connectivity index (χ1n) is 16.0. The van der Waals surface area contributed by atoms with E-state index in [1.54, 1.807) is 6.07 Å². The summed E-state index contributed by atoms with van der Waals surface area (Å²) in [5.41, 5.74) is 5.93. The Morgan fingerprint density at radius 2 is 0.917 bits per heavy atom. The molecular weight excluding hydrogens is 599 g/mol. The van der Waals surface area contributed by atoms with Crippen LogP contribution in [0.3, 0.4) is 0 Å². The minimum Gasteiger partial charge on any atom is -0.309 e. The first-order valence-corrected chi connectivity index (χ1v) is 18.0. The third-order valence-electron chi connectivity index (χ3n) is 9.41. The van der Waals surface area contributed by atoms with Gasteiger partial charge in [-0.05, 0) is 51.1 Å². The quantitative estimate of drug-likeness (QED) is 0.141. The van der Waals surface area contributed by atoms with E-state index in [0.29, 0.717) is 11.1 Å². The molecule has 0 N–H and O–H groups in total. The van der Waals surface area contributed by atoms with Crippen LogP contribution in [0.5, 0.6) is 0 Å². The van der Waals surface area contributed by atoms with Gasteiger partial charge in [0.05, 0.1) is 40.0 Å². The lowest BCUT2D eigenvalue weighted by molar-refractivity contribution is 1.18. The van der Waals surface area contributed by atoms with Crippen molar-refractivity contribution in [1.29, 1.82) is 10.5 Å². The fraction of sp³-hybridized carbons (Fsp3) is 0. The molecule has 0 aliphatic rings. The topological polar surface area (TPSA) is 52.5 Å². The molecule has 0 aliphatic carbocycles. The van der Waals surface area contributed by atoms with E-state index in [-0.39, 0.29) is 0 Å². The summed E-state index contributed by atoms with van der Waals surface area (Å²) in [7, 11) is -3.15. The van der Waals surface area contributed by atoms with E-state index >= 15 is 0 Å². The summed E-state index contributed by atoms with van der Waals surface area (Å²) >= 11 is 0. The van der Waals surface area contributed by atoms with Gasteiger partial charge in [-0.3, -0.25) is 0 Å². The molecular formula is C44H29N3Si. The van der Waals surface area contributed by atoms with Gasteiger partial charge >= 0.3 is 0 Å². The SMILES string of the molecule is N#Cc1cc(C#N)c(-c2ccccc2-n2c3ccccc3c3ccccc32)c([Si](c2ccccc2)(c2ccccc2)c2ccccc2)c1. The van der Waals surface area contributed by atoms with Crippen molar-refractivity contribution in [3.63, 3.8) is 0 Å². The molecule has 7 aromatic carbocycles. The number of hydrogen-bond acceptors (Lipinski definition) is 2. The molecule has 1 heterocycles. The minimum absolute atomic E-state index is 0.472. The van der Waals surface area contributed by atoms with Crippen LogP contribution in [-0.4, -0.2) is 12.6 Å². The van der Waals surface area contributed by atoms with E-state index < -0.39 is 8.07 Å². The van der Waals surface area contributed by atoms with Gasteiger partial charge in [-0.15, -0.1) is 0 Å². The molecule has 1 aromatic heterocycles. The highest BCUT2D eigenvalue weighted by atomic mass is 28.3. The van der Waals surface area contributed by atoms with Gasteiger partial charge in [-0.2, -0.15) is 10.5 Å². The maximum absolute atomic E-state index is 10.9. The number of benzene rings is 7. The van der Waals surface area contributed by atoms with Crippen LogP contribution in [0.4, 0.5) is 0 Å². The Morgan fingerprint density at radius 1 is 0.458 bits per heavy atom. The number of nitrogens with zero attached hydrogens (tertiary/aromatic N) is 3. The summed E-state index contributed by atoms with van der Waals surface area (Å²) in [5, 5.41) is 28.2. The molecule has 0 bridgehead atoms. The van der Waals surface area contributed by atoms with Crippen molar-refractivity contribution >= 4 is 50.6 Å². The van der Waals surface area contributed by atoms with Crippen LogP contribution in [0.15, 0.2) is 176 Å². The predicted molar refractivity (Wildman–Crippen MR) is 199 cm³/mol. The molecule has 224 valence electrons. The van der Waals surface area contributed by atoms with Crippen LogP contribution in [0, 0.1) is 22.7 Å². The monoisotopic (exact) mass is 627 g/mol. The molecule has 0 saturated carbocycles. The number of rotatable bonds is 6. The van der Waals surface area contributed by atoms with Crippen molar-refractivity contribution in [2.75, 3.05) is 0 Å². The maximum atomic E-state index is 10.9. The Hall–Kier alpha value is -6.46. The summed E-state index contributed by atoms with van der Waals surface area (Å²) in [5.74, 6) is 0. The van der Waals surface area contributed by atoms with Gasteiger partial charge in [0.25, 0.3) is 0 Å². The number of nitriles is 2. The molecule has 0 aliphatic heterocycles. The predicted octanol–water partition coefficient (Wildman–Crippen LogP) is 7.57. The Labute approximate surface area is 280 Å². The summed E-state index contributed by atoms with van der Waals surface area (Å²) in [6.45, 7) is 0. The zero-order chi connectivity index (χ0) is 32.5. The number of aromatic nitrogens is 1. The molecule has 0 atom stereocenters. The Balaban J connectivity index is 1.58. The molecule has 4 heteroatoms. The van der Waals surface area contributed by atoms with E-state index in [0.717, 1.165) is 33.0 Å². The Morgan fingerprint density at radius 3 is 1.42 bits per heavy atom. The Bertz CT molecular complexity index is 2370. The van der Waals surface area contributed by atoms with E-state index in [9.17, 15) is 10.5 Å². The highest BCUT2D eigenvalue weighted by Gasteiger charge is 2.44. The van der Waals surface area contributed by atoms with Crippen molar-refractivity contribution in [2.24, 2.45) is 0 Å². The molecule has 3 nitrogen and oxygen atoms in total. The highest BCUT2D eigenvalue weighted by molar-refractivity contribution is 7.20. The molecule has 8 aromatic rings. The fourth-order valence-electron chi connectivity index (χ4n) is 7.47. The summed E-state index contributed by atoms with van der Waals surface area (Å²) in [4.78, 5) is 0. The summed E-state index contributed by atoms with van der Waals surface area (Å²) in [6.07, 6.45) is 0. The van der Waals surface area contributed by atoms with Gasteiger partial charge in [0.1, 0.15) is 0 Å². The van der Waals surface area contributed by atoms with Gasteiger partial charge in [-0.25, -0.2) is 0 Å². The van der Waals surface area contributed by atoms with Crippen LogP contribution in [0.25, 0.3) is 38.6 Å². The van der Waals surface area contributed by atoms with Crippen LogP contribution in [0.2, 0.25) is 0 Å². The van der Waals surface area contributed by atoms with Gasteiger partial charge < -0.3 is 4.57 Å². The smallest absolute Gasteiger partial charge is 0.180 e. The van der Waals surface area contributed by atoms with Crippen LogP contribution >= 0.6 is 0 Å². The number of para-hydroxylation sites is 3. The third kappa shape index (κ3) is 4.48. The summed E-state index contributed by atoms with van der Waals surface area (Å²) in [6, 6.07) is 66.0. The van der Waals surface area contributed by atoms with Crippen molar-refractivity contribution in [3.05, 3.63) is 187 Å². The first-order chi connectivity index (χ1) is 23.8. The maximum Gasteiger partial charge on any atom is 0.180 e. The molecule has 0 radical (unpaired) electrons. The van der Waals surface area contributed by atoms with Crippen molar-refractivity contribution in [1.82, 2.24) is 4.57 Å². The number of fused-ring (bicyclic) bond motifs is 3. The minimum atomic E-state index is -3.15. The molecule has 0 fully saturated rings. The van der Waals surface area contributed by atoms with E-state index in [2.05, 4.69) is 162 Å². The zero-order valence-corrected chi connectivity index (χ0v) is 27.1. The second-order valence-corrected chi connectivity index (χ2v) is 15.7. The van der Waals surface area contributed by atoms with Crippen molar-refractivity contribution in [3.8, 4) is 29.0 Å². The molecule has 8 rings (SSSR count). The van der Waals surface area contributed by atoms with Crippen LogP contribution in [-0.2, 0) is 0 Å². The average Bonchev–Trinajstić information content (AvgIpc) is 3.50. The Kier molecular flexibility index (Phi) is 7.27. The highest BCUT2D eigenvalue weighted by Crippen LogP contribution is 2.37. The van der Waals surface area contributed by atoms with Gasteiger partial charge in [-0.1, -0.05) is 146 Å². The van der Waals surface area contributed by atoms with E-state index in [1.807, 2.05) is 24.3 Å². The second kappa shape index (κ2) is 12.0. The van der Waals surface area contributed by atoms with Gasteiger partial charge in [0.2, 0.25) is 0 Å². The fourth-order valence-corrected chi connectivity index (χ4v) is 12.5. The molecule has 48 heavy (non-hydrogen) atoms. The largest absolute Gasteiger partial charge is 0.309 e. The molecule has 0 spiro atoms. The van der Waals surface area contributed by atoms with Crippen molar-refractivity contribution in [2.45, 2.75) is 0 Å². The average molecular weight is 628 g/mol. The first kappa shape index (κ1) is 29.0. The lowest BCUT2D eigenvalue weighted by atomic mass is 9.96. The van der Waals surface area contributed by atoms with Gasteiger partial charge in [0, 0.05) is 21.9 Å². The lowest BCUT2D eigenvalue weighted by Gasteiger charge is -2.36. The normalized spacial score (nSPS) is 11.3. The van der Waals surface area contributed by atoms with Crippen LogP contribution in [0.1, 0.15) is 11.1 Å². The van der Waals surface area contributed by atoms with Gasteiger partial charge in [0.15, 0.2) is 8.07 Å². The lowest BCUT2D eigenvalue weighted by Crippen LogP contribution is -2.75. The zero-order valence-electron chi connectivity index (χ0n) is 26.1. The molecule has 0 unspecified atom stereocenters. The second-order valence-electron chi connectivity index (χ2n) is 11.9. The summed E-state index contributed by atoms with van der Waals surface area (Å²) < 4.78 is 2.32. The van der Waals surface area contributed by atoms with Crippen molar-refractivity contribution < 1.29 is 0 Å². The third-order valence-corrected chi connectivity index (χ3v) is 14.2. The van der Waals surface area contributed by atoms with E-state index in [1.165, 1.54) is 26.3 Å².